The highest BCUT2D eigenvalue weighted by Crippen LogP contribution is 2.37. The van der Waals surface area contributed by atoms with Gasteiger partial charge in [0.25, 0.3) is 0 Å². The molecule has 222 valence electrons. The van der Waals surface area contributed by atoms with E-state index in [4.69, 9.17) is 4.84 Å². The Labute approximate surface area is 232 Å². The molecule has 0 unspecified atom stereocenters. The Balaban J connectivity index is 1.73. The van der Waals surface area contributed by atoms with Crippen molar-refractivity contribution in [1.29, 1.82) is 0 Å². The van der Waals surface area contributed by atoms with Gasteiger partial charge < -0.3 is 14.6 Å². The zero-order valence-corrected chi connectivity index (χ0v) is 22.7. The van der Waals surface area contributed by atoms with E-state index in [0.717, 1.165) is 5.56 Å². The molecule has 1 saturated heterocycles. The molecule has 41 heavy (non-hydrogen) atoms. The summed E-state index contributed by atoms with van der Waals surface area (Å²) in [6.45, 7) is 1.67. The van der Waals surface area contributed by atoms with E-state index in [1.807, 2.05) is 6.92 Å². The second-order valence-electron chi connectivity index (χ2n) is 10.0. The van der Waals surface area contributed by atoms with E-state index < -0.39 is 35.6 Å². The number of halogens is 6. The van der Waals surface area contributed by atoms with Gasteiger partial charge in [-0.05, 0) is 36.6 Å². The Bertz CT molecular complexity index is 1330. The number of rotatable bonds is 7. The molecule has 2 aromatic heterocycles. The van der Waals surface area contributed by atoms with Crippen molar-refractivity contribution >= 4 is 12.0 Å². The van der Waals surface area contributed by atoms with Gasteiger partial charge in [-0.2, -0.15) is 31.4 Å². The van der Waals surface area contributed by atoms with Crippen molar-refractivity contribution in [2.24, 2.45) is 7.05 Å². The standard InChI is InChI=1S/C26H29F6N7O2/c1-5-21-9-22(15-39(21)41-24(40)36(2)3)38(23-33-10-17(11-34-23)18-12-35-37(4)14-18)13-16-6-19(25(27,28)29)8-20(7-16)26(30,31)32/h6-8,10-12,14,21-22H,5,9,13,15H2,1-4H3/t21-,22+/m1/s1. The number of aryl methyl sites for hydroxylation is 1. The van der Waals surface area contributed by atoms with Gasteiger partial charge in [0.05, 0.1) is 23.9 Å². The van der Waals surface area contributed by atoms with Crippen LogP contribution in [0.15, 0.2) is 43.0 Å². The lowest BCUT2D eigenvalue weighted by Gasteiger charge is -2.29. The Hall–Kier alpha value is -3.88. The average molecular weight is 586 g/mol. The molecule has 4 rings (SSSR count). The zero-order valence-electron chi connectivity index (χ0n) is 22.7. The highest BCUT2D eigenvalue weighted by molar-refractivity contribution is 5.66. The van der Waals surface area contributed by atoms with Gasteiger partial charge in [-0.3, -0.25) is 4.68 Å². The van der Waals surface area contributed by atoms with Gasteiger partial charge in [0.1, 0.15) is 0 Å². The van der Waals surface area contributed by atoms with E-state index >= 15 is 0 Å². The monoisotopic (exact) mass is 585 g/mol. The van der Waals surface area contributed by atoms with Crippen molar-refractivity contribution in [3.8, 4) is 11.1 Å². The normalized spacial score (nSPS) is 18.0. The molecule has 1 aromatic carbocycles. The summed E-state index contributed by atoms with van der Waals surface area (Å²) in [6.07, 6.45) is -3.23. The van der Waals surface area contributed by atoms with Gasteiger partial charge in [0.15, 0.2) is 0 Å². The van der Waals surface area contributed by atoms with Crippen LogP contribution in [-0.4, -0.2) is 68.5 Å². The third-order valence-electron chi connectivity index (χ3n) is 6.75. The summed E-state index contributed by atoms with van der Waals surface area (Å²) in [5.41, 5.74) is -1.68. The second-order valence-corrected chi connectivity index (χ2v) is 10.0. The molecule has 0 bridgehead atoms. The summed E-state index contributed by atoms with van der Waals surface area (Å²) in [5, 5.41) is 5.59. The lowest BCUT2D eigenvalue weighted by molar-refractivity contribution is -0.143. The number of hydrogen-bond acceptors (Lipinski definition) is 7. The average Bonchev–Trinajstić information content (AvgIpc) is 3.52. The van der Waals surface area contributed by atoms with Gasteiger partial charge in [-0.1, -0.05) is 6.92 Å². The maximum atomic E-state index is 13.6. The lowest BCUT2D eigenvalue weighted by atomic mass is 10.0. The van der Waals surface area contributed by atoms with E-state index in [1.165, 1.54) is 36.5 Å². The molecule has 0 aliphatic carbocycles. The number of carbonyl (C=O) groups excluding carboxylic acids is 1. The Morgan fingerprint density at radius 3 is 2.10 bits per heavy atom. The van der Waals surface area contributed by atoms with Crippen LogP contribution in [0.25, 0.3) is 11.1 Å². The minimum atomic E-state index is -4.99. The van der Waals surface area contributed by atoms with Gasteiger partial charge in [-0.25, -0.2) is 14.8 Å². The van der Waals surface area contributed by atoms with Crippen LogP contribution in [0.5, 0.6) is 0 Å². The number of aromatic nitrogens is 4. The number of carbonyl (C=O) groups is 1. The fraction of sp³-hybridized carbons (Fsp3) is 0.462. The van der Waals surface area contributed by atoms with Crippen LogP contribution in [0.1, 0.15) is 36.5 Å². The lowest BCUT2D eigenvalue weighted by Crippen LogP contribution is -2.40. The first-order chi connectivity index (χ1) is 19.2. The van der Waals surface area contributed by atoms with Crippen molar-refractivity contribution < 1.29 is 36.0 Å². The minimum absolute atomic E-state index is 0.0954. The molecule has 1 aliphatic rings. The zero-order chi connectivity index (χ0) is 30.1. The molecule has 0 N–H and O–H groups in total. The number of hydrogen-bond donors (Lipinski definition) is 0. The van der Waals surface area contributed by atoms with Gasteiger partial charge in [0, 0.05) is 69.5 Å². The number of anilines is 1. The molecule has 0 spiro atoms. The maximum absolute atomic E-state index is 13.6. The molecule has 1 aliphatic heterocycles. The van der Waals surface area contributed by atoms with Crippen molar-refractivity contribution in [2.45, 2.75) is 50.7 Å². The number of hydroxylamine groups is 2. The van der Waals surface area contributed by atoms with Crippen LogP contribution in [0, 0.1) is 0 Å². The quantitative estimate of drug-likeness (QED) is 0.344. The Morgan fingerprint density at radius 1 is 1.00 bits per heavy atom. The summed E-state index contributed by atoms with van der Waals surface area (Å²) in [6, 6.07) is 0.749. The van der Waals surface area contributed by atoms with E-state index in [2.05, 4.69) is 15.1 Å². The summed E-state index contributed by atoms with van der Waals surface area (Å²) in [5.74, 6) is 0.101. The maximum Gasteiger partial charge on any atom is 0.428 e. The summed E-state index contributed by atoms with van der Waals surface area (Å²) < 4.78 is 83.0. The van der Waals surface area contributed by atoms with Crippen molar-refractivity contribution in [3.05, 3.63) is 59.7 Å². The molecular formula is C26H29F6N7O2. The molecule has 3 aromatic rings. The topological polar surface area (TPSA) is 79.6 Å². The predicted molar refractivity (Wildman–Crippen MR) is 136 cm³/mol. The van der Waals surface area contributed by atoms with Gasteiger partial charge >= 0.3 is 18.4 Å². The van der Waals surface area contributed by atoms with E-state index in [9.17, 15) is 31.1 Å². The van der Waals surface area contributed by atoms with E-state index in [1.54, 1.807) is 29.0 Å². The SMILES string of the molecule is CC[C@@H]1C[C@H](N(Cc2cc(C(F)(F)F)cc(C(F)(F)F)c2)c2ncc(-c3cnn(C)c3)cn2)CN1OC(=O)N(C)C. The fourth-order valence-electron chi connectivity index (χ4n) is 4.61. The van der Waals surface area contributed by atoms with Crippen LogP contribution in [0.4, 0.5) is 37.1 Å². The highest BCUT2D eigenvalue weighted by Gasteiger charge is 2.40. The van der Waals surface area contributed by atoms with E-state index in [0.29, 0.717) is 30.5 Å². The van der Waals surface area contributed by atoms with Crippen LogP contribution in [0.3, 0.4) is 0 Å². The summed E-state index contributed by atoms with van der Waals surface area (Å²) in [4.78, 5) is 29.4. The molecular weight excluding hydrogens is 556 g/mol. The number of amides is 1. The van der Waals surface area contributed by atoms with Crippen molar-refractivity contribution in [2.75, 3.05) is 25.5 Å². The van der Waals surface area contributed by atoms with Crippen LogP contribution in [-0.2, 0) is 30.8 Å². The Morgan fingerprint density at radius 2 is 1.61 bits per heavy atom. The highest BCUT2D eigenvalue weighted by atomic mass is 19.4. The molecule has 9 nitrogen and oxygen atoms in total. The molecule has 3 heterocycles. The number of benzene rings is 1. The summed E-state index contributed by atoms with van der Waals surface area (Å²) >= 11 is 0. The van der Waals surface area contributed by atoms with Gasteiger partial charge in [0.2, 0.25) is 5.95 Å². The first kappa shape index (κ1) is 30.1. The van der Waals surface area contributed by atoms with Crippen LogP contribution in [0.2, 0.25) is 0 Å². The largest absolute Gasteiger partial charge is 0.428 e. The fourth-order valence-corrected chi connectivity index (χ4v) is 4.61. The predicted octanol–water partition coefficient (Wildman–Crippen LogP) is 5.39. The minimum Gasteiger partial charge on any atom is -0.351 e. The second kappa shape index (κ2) is 11.5. The molecule has 2 atom stereocenters. The van der Waals surface area contributed by atoms with Crippen molar-refractivity contribution in [3.63, 3.8) is 0 Å². The third kappa shape index (κ3) is 7.07. The van der Waals surface area contributed by atoms with Crippen molar-refractivity contribution in [1.82, 2.24) is 29.7 Å². The number of alkyl halides is 6. The molecule has 0 radical (unpaired) electrons. The van der Waals surface area contributed by atoms with Crippen LogP contribution < -0.4 is 4.90 Å². The summed E-state index contributed by atoms with van der Waals surface area (Å²) in [7, 11) is 4.78. The smallest absolute Gasteiger partial charge is 0.351 e. The number of nitrogens with zero attached hydrogens (tertiary/aromatic N) is 7. The Kier molecular flexibility index (Phi) is 8.47. The first-order valence-electron chi connectivity index (χ1n) is 12.7. The third-order valence-corrected chi connectivity index (χ3v) is 6.75. The van der Waals surface area contributed by atoms with E-state index in [-0.39, 0.29) is 36.7 Å². The molecule has 1 amide bonds. The van der Waals surface area contributed by atoms with Crippen LogP contribution >= 0.6 is 0 Å². The molecule has 0 saturated carbocycles. The van der Waals surface area contributed by atoms with Gasteiger partial charge in [-0.15, -0.1) is 5.06 Å². The molecule has 1 fully saturated rings. The first-order valence-corrected chi connectivity index (χ1v) is 12.7. The molecule has 15 heteroatoms.